The average molecular weight is 201 g/mol. The molecule has 1 aliphatic heterocycles. The second-order valence-electron chi connectivity index (χ2n) is 3.78. The van der Waals surface area contributed by atoms with Crippen molar-refractivity contribution < 1.29 is 14.6 Å². The van der Waals surface area contributed by atoms with Crippen molar-refractivity contribution in [1.29, 1.82) is 0 Å². The Morgan fingerprint density at radius 1 is 1.50 bits per heavy atom. The van der Waals surface area contributed by atoms with Crippen molar-refractivity contribution in [3.8, 4) is 0 Å². The lowest BCUT2D eigenvalue weighted by molar-refractivity contribution is -0.138. The van der Waals surface area contributed by atoms with Crippen molar-refractivity contribution >= 4 is 5.97 Å². The Kier molecular flexibility index (Phi) is 5.56. The monoisotopic (exact) mass is 201 g/mol. The van der Waals surface area contributed by atoms with Gasteiger partial charge in [0.15, 0.2) is 0 Å². The summed E-state index contributed by atoms with van der Waals surface area (Å²) in [6, 6.07) is 0. The number of carboxylic acid groups (broad SMARTS) is 1. The largest absolute Gasteiger partial charge is 0.481 e. The summed E-state index contributed by atoms with van der Waals surface area (Å²) in [7, 11) is 0. The van der Waals surface area contributed by atoms with Crippen LogP contribution >= 0.6 is 0 Å². The number of hydrogen-bond acceptors (Lipinski definition) is 3. The van der Waals surface area contributed by atoms with Crippen LogP contribution in [0, 0.1) is 5.92 Å². The van der Waals surface area contributed by atoms with E-state index in [2.05, 4.69) is 5.32 Å². The molecule has 1 rings (SSSR count). The summed E-state index contributed by atoms with van der Waals surface area (Å²) >= 11 is 0. The Bertz CT molecular complexity index is 165. The zero-order valence-electron chi connectivity index (χ0n) is 8.50. The number of aliphatic carboxylic acids is 1. The first-order valence-electron chi connectivity index (χ1n) is 5.29. The molecule has 4 nitrogen and oxygen atoms in total. The van der Waals surface area contributed by atoms with E-state index in [1.54, 1.807) is 0 Å². The molecule has 0 aromatic rings. The zero-order valence-corrected chi connectivity index (χ0v) is 8.50. The Morgan fingerprint density at radius 3 is 3.14 bits per heavy atom. The maximum absolute atomic E-state index is 10.2. The van der Waals surface area contributed by atoms with Crippen LogP contribution in [-0.4, -0.2) is 37.4 Å². The van der Waals surface area contributed by atoms with Gasteiger partial charge in [-0.25, -0.2) is 0 Å². The molecule has 1 aliphatic rings. The molecule has 0 radical (unpaired) electrons. The minimum Gasteiger partial charge on any atom is -0.481 e. The van der Waals surface area contributed by atoms with Gasteiger partial charge in [-0.05, 0) is 25.3 Å². The van der Waals surface area contributed by atoms with Gasteiger partial charge in [-0.1, -0.05) is 6.42 Å². The first-order valence-corrected chi connectivity index (χ1v) is 5.29. The minimum atomic E-state index is -0.788. The van der Waals surface area contributed by atoms with E-state index in [1.807, 2.05) is 0 Å². The van der Waals surface area contributed by atoms with Crippen LogP contribution in [0.4, 0.5) is 0 Å². The van der Waals surface area contributed by atoms with Gasteiger partial charge in [-0.3, -0.25) is 4.79 Å². The summed E-state index contributed by atoms with van der Waals surface area (Å²) in [6.07, 6.45) is 3.80. The lowest BCUT2D eigenvalue weighted by atomic mass is 10.1. The van der Waals surface area contributed by atoms with E-state index in [1.165, 1.54) is 19.3 Å². The molecule has 0 saturated carbocycles. The van der Waals surface area contributed by atoms with Crippen LogP contribution in [0.5, 0.6) is 0 Å². The standard InChI is InChI=1S/C10H19NO3/c12-10(13)4-6-14-8-9-3-1-2-5-11-7-9/h9,11H,1-8H2,(H,12,13). The smallest absolute Gasteiger partial charge is 0.305 e. The number of ether oxygens (including phenoxy) is 1. The topological polar surface area (TPSA) is 58.6 Å². The van der Waals surface area contributed by atoms with Crippen LogP contribution in [0.2, 0.25) is 0 Å². The Balaban J connectivity index is 2.01. The van der Waals surface area contributed by atoms with Gasteiger partial charge in [-0.2, -0.15) is 0 Å². The molecule has 14 heavy (non-hydrogen) atoms. The third-order valence-corrected chi connectivity index (χ3v) is 2.46. The Morgan fingerprint density at radius 2 is 2.36 bits per heavy atom. The van der Waals surface area contributed by atoms with Gasteiger partial charge in [0, 0.05) is 6.54 Å². The number of hydrogen-bond donors (Lipinski definition) is 2. The third kappa shape index (κ3) is 5.19. The molecule has 1 heterocycles. The van der Waals surface area contributed by atoms with Crippen molar-refractivity contribution in [2.24, 2.45) is 5.92 Å². The molecule has 1 atom stereocenters. The molecule has 1 unspecified atom stereocenters. The van der Waals surface area contributed by atoms with Gasteiger partial charge in [-0.15, -0.1) is 0 Å². The molecule has 0 aromatic carbocycles. The first kappa shape index (κ1) is 11.5. The second-order valence-corrected chi connectivity index (χ2v) is 3.78. The van der Waals surface area contributed by atoms with Crippen LogP contribution in [-0.2, 0) is 9.53 Å². The van der Waals surface area contributed by atoms with Crippen molar-refractivity contribution in [3.63, 3.8) is 0 Å². The molecule has 1 fully saturated rings. The highest BCUT2D eigenvalue weighted by molar-refractivity contribution is 5.66. The van der Waals surface area contributed by atoms with Crippen LogP contribution in [0.25, 0.3) is 0 Å². The number of carbonyl (C=O) groups is 1. The highest BCUT2D eigenvalue weighted by Gasteiger charge is 2.11. The van der Waals surface area contributed by atoms with Crippen LogP contribution in [0.15, 0.2) is 0 Å². The van der Waals surface area contributed by atoms with Crippen molar-refractivity contribution in [2.45, 2.75) is 25.7 Å². The molecule has 0 bridgehead atoms. The molecular weight excluding hydrogens is 182 g/mol. The molecule has 82 valence electrons. The molecule has 0 aromatic heterocycles. The van der Waals surface area contributed by atoms with Gasteiger partial charge in [0.1, 0.15) is 0 Å². The van der Waals surface area contributed by atoms with Gasteiger partial charge in [0.25, 0.3) is 0 Å². The Hall–Kier alpha value is -0.610. The van der Waals surface area contributed by atoms with E-state index in [4.69, 9.17) is 9.84 Å². The van der Waals surface area contributed by atoms with Crippen molar-refractivity contribution in [1.82, 2.24) is 5.32 Å². The molecule has 0 amide bonds. The van der Waals surface area contributed by atoms with Crippen LogP contribution < -0.4 is 5.32 Å². The number of carboxylic acids is 1. The van der Waals surface area contributed by atoms with E-state index in [9.17, 15) is 4.79 Å². The lowest BCUT2D eigenvalue weighted by Crippen LogP contribution is -2.24. The summed E-state index contributed by atoms with van der Waals surface area (Å²) in [5.41, 5.74) is 0. The summed E-state index contributed by atoms with van der Waals surface area (Å²) in [4.78, 5) is 10.2. The number of rotatable bonds is 5. The highest BCUT2D eigenvalue weighted by atomic mass is 16.5. The Labute approximate surface area is 84.6 Å². The van der Waals surface area contributed by atoms with Crippen molar-refractivity contribution in [3.05, 3.63) is 0 Å². The molecular formula is C10H19NO3. The third-order valence-electron chi connectivity index (χ3n) is 2.46. The zero-order chi connectivity index (χ0) is 10.2. The summed E-state index contributed by atoms with van der Waals surface area (Å²) in [5.74, 6) is -0.227. The van der Waals surface area contributed by atoms with Crippen LogP contribution in [0.3, 0.4) is 0 Å². The van der Waals surface area contributed by atoms with E-state index in [0.717, 1.165) is 13.1 Å². The summed E-state index contributed by atoms with van der Waals surface area (Å²) in [6.45, 7) is 3.14. The van der Waals surface area contributed by atoms with Gasteiger partial charge >= 0.3 is 5.97 Å². The average Bonchev–Trinajstić information content (AvgIpc) is 2.40. The SMILES string of the molecule is O=C(O)CCOCC1CCCCNC1. The van der Waals surface area contributed by atoms with Gasteiger partial charge < -0.3 is 15.2 Å². The van der Waals surface area contributed by atoms with E-state index >= 15 is 0 Å². The highest BCUT2D eigenvalue weighted by Crippen LogP contribution is 2.11. The molecule has 2 N–H and O–H groups in total. The molecule has 4 heteroatoms. The summed E-state index contributed by atoms with van der Waals surface area (Å²) in [5, 5.41) is 11.8. The van der Waals surface area contributed by atoms with E-state index < -0.39 is 5.97 Å². The predicted molar refractivity (Wildman–Crippen MR) is 53.3 cm³/mol. The molecule has 0 spiro atoms. The van der Waals surface area contributed by atoms with Crippen LogP contribution in [0.1, 0.15) is 25.7 Å². The fourth-order valence-electron chi connectivity index (χ4n) is 1.64. The quantitative estimate of drug-likeness (QED) is 0.648. The maximum Gasteiger partial charge on any atom is 0.305 e. The van der Waals surface area contributed by atoms with E-state index in [0.29, 0.717) is 19.1 Å². The fraction of sp³-hybridized carbons (Fsp3) is 0.900. The maximum atomic E-state index is 10.2. The molecule has 0 aliphatic carbocycles. The van der Waals surface area contributed by atoms with Crippen molar-refractivity contribution in [2.75, 3.05) is 26.3 Å². The predicted octanol–water partition coefficient (Wildman–Crippen LogP) is 0.867. The van der Waals surface area contributed by atoms with Gasteiger partial charge in [0.05, 0.1) is 19.6 Å². The minimum absolute atomic E-state index is 0.111. The lowest BCUT2D eigenvalue weighted by Gasteiger charge is -2.13. The summed E-state index contributed by atoms with van der Waals surface area (Å²) < 4.78 is 5.32. The number of nitrogens with one attached hydrogen (secondary N) is 1. The van der Waals surface area contributed by atoms with Gasteiger partial charge in [0.2, 0.25) is 0 Å². The fourth-order valence-corrected chi connectivity index (χ4v) is 1.64. The second kappa shape index (κ2) is 6.79. The van der Waals surface area contributed by atoms with E-state index in [-0.39, 0.29) is 6.42 Å². The molecule has 1 saturated heterocycles. The normalized spacial score (nSPS) is 23.0. The first-order chi connectivity index (χ1) is 6.79.